The predicted octanol–water partition coefficient (Wildman–Crippen LogP) is 2.39. The molecular formula is C15H18N6. The third-order valence-electron chi connectivity index (χ3n) is 3.48. The standard InChI is InChI=1S/C15H18N6/c1-11(12-8-17-21(3)9-12)18-14-7-5-4-6-13(14)15-19-16-10-20(15)2/h4-11,18H,1-3H3. The molecule has 0 amide bonds. The lowest BCUT2D eigenvalue weighted by molar-refractivity contribution is 0.765. The van der Waals surface area contributed by atoms with Gasteiger partial charge in [-0.25, -0.2) is 0 Å². The molecule has 1 aromatic carbocycles. The van der Waals surface area contributed by atoms with Gasteiger partial charge in [0.05, 0.1) is 12.2 Å². The van der Waals surface area contributed by atoms with Gasteiger partial charge in [0.25, 0.3) is 0 Å². The molecule has 0 aliphatic heterocycles. The van der Waals surface area contributed by atoms with Crippen LogP contribution in [0.2, 0.25) is 0 Å². The maximum Gasteiger partial charge on any atom is 0.165 e. The van der Waals surface area contributed by atoms with Crippen molar-refractivity contribution in [2.24, 2.45) is 14.1 Å². The van der Waals surface area contributed by atoms with Crippen LogP contribution in [0, 0.1) is 0 Å². The van der Waals surface area contributed by atoms with Crippen LogP contribution in [-0.4, -0.2) is 24.5 Å². The Morgan fingerprint density at radius 3 is 2.67 bits per heavy atom. The fourth-order valence-electron chi connectivity index (χ4n) is 2.31. The fourth-order valence-corrected chi connectivity index (χ4v) is 2.31. The van der Waals surface area contributed by atoms with E-state index in [-0.39, 0.29) is 6.04 Å². The first-order valence-electron chi connectivity index (χ1n) is 6.83. The van der Waals surface area contributed by atoms with E-state index in [0.717, 1.165) is 22.6 Å². The second kappa shape index (κ2) is 5.40. The molecule has 21 heavy (non-hydrogen) atoms. The molecule has 3 aromatic rings. The summed E-state index contributed by atoms with van der Waals surface area (Å²) < 4.78 is 3.72. The van der Waals surface area contributed by atoms with E-state index in [2.05, 4.69) is 33.6 Å². The molecule has 0 saturated heterocycles. The van der Waals surface area contributed by atoms with E-state index in [0.29, 0.717) is 0 Å². The first kappa shape index (κ1) is 13.4. The minimum atomic E-state index is 0.160. The van der Waals surface area contributed by atoms with Gasteiger partial charge in [-0.3, -0.25) is 4.68 Å². The molecule has 0 radical (unpaired) electrons. The van der Waals surface area contributed by atoms with Gasteiger partial charge in [-0.1, -0.05) is 12.1 Å². The van der Waals surface area contributed by atoms with Crippen LogP contribution in [0.25, 0.3) is 11.4 Å². The molecule has 0 saturated carbocycles. The van der Waals surface area contributed by atoms with Crippen LogP contribution in [-0.2, 0) is 14.1 Å². The molecule has 2 heterocycles. The molecule has 6 nitrogen and oxygen atoms in total. The van der Waals surface area contributed by atoms with E-state index in [1.807, 2.05) is 53.9 Å². The van der Waals surface area contributed by atoms with Crippen molar-refractivity contribution in [1.29, 1.82) is 0 Å². The zero-order valence-corrected chi connectivity index (χ0v) is 12.4. The van der Waals surface area contributed by atoms with Crippen LogP contribution in [0.1, 0.15) is 18.5 Å². The van der Waals surface area contributed by atoms with Crippen molar-refractivity contribution < 1.29 is 0 Å². The molecule has 2 aromatic heterocycles. The summed E-state index contributed by atoms with van der Waals surface area (Å²) in [7, 11) is 3.86. The van der Waals surface area contributed by atoms with Crippen LogP contribution in [0.4, 0.5) is 5.69 Å². The van der Waals surface area contributed by atoms with Crippen molar-refractivity contribution in [3.8, 4) is 11.4 Å². The number of rotatable bonds is 4. The molecule has 0 fully saturated rings. The Kier molecular flexibility index (Phi) is 3.43. The monoisotopic (exact) mass is 282 g/mol. The topological polar surface area (TPSA) is 60.6 Å². The van der Waals surface area contributed by atoms with Crippen LogP contribution in [0.15, 0.2) is 43.0 Å². The molecule has 0 aliphatic rings. The third kappa shape index (κ3) is 2.65. The van der Waals surface area contributed by atoms with Gasteiger partial charge >= 0.3 is 0 Å². The smallest absolute Gasteiger partial charge is 0.165 e. The Labute approximate surface area is 123 Å². The summed E-state index contributed by atoms with van der Waals surface area (Å²) in [6.45, 7) is 2.12. The van der Waals surface area contributed by atoms with Crippen molar-refractivity contribution >= 4 is 5.69 Å². The highest BCUT2D eigenvalue weighted by Crippen LogP contribution is 2.28. The van der Waals surface area contributed by atoms with Gasteiger partial charge in [-0.15, -0.1) is 10.2 Å². The molecule has 108 valence electrons. The van der Waals surface area contributed by atoms with E-state index in [4.69, 9.17) is 0 Å². The number of hydrogen-bond donors (Lipinski definition) is 1. The van der Waals surface area contributed by atoms with Crippen molar-refractivity contribution in [3.63, 3.8) is 0 Å². The van der Waals surface area contributed by atoms with Gasteiger partial charge in [0, 0.05) is 37.1 Å². The third-order valence-corrected chi connectivity index (χ3v) is 3.48. The summed E-state index contributed by atoms with van der Waals surface area (Å²) in [6.07, 6.45) is 5.60. The number of anilines is 1. The van der Waals surface area contributed by atoms with Gasteiger partial charge in [0.2, 0.25) is 0 Å². The second-order valence-corrected chi connectivity index (χ2v) is 5.12. The lowest BCUT2D eigenvalue weighted by Gasteiger charge is -2.16. The van der Waals surface area contributed by atoms with Gasteiger partial charge in [-0.05, 0) is 19.1 Å². The molecule has 6 heteroatoms. The van der Waals surface area contributed by atoms with Crippen molar-refractivity contribution in [3.05, 3.63) is 48.5 Å². The zero-order chi connectivity index (χ0) is 14.8. The van der Waals surface area contributed by atoms with E-state index in [1.54, 1.807) is 6.33 Å². The number of aromatic nitrogens is 5. The second-order valence-electron chi connectivity index (χ2n) is 5.12. The van der Waals surface area contributed by atoms with E-state index in [1.165, 1.54) is 0 Å². The lowest BCUT2D eigenvalue weighted by Crippen LogP contribution is -2.07. The number of nitrogens with zero attached hydrogens (tertiary/aromatic N) is 5. The number of para-hydroxylation sites is 1. The molecular weight excluding hydrogens is 264 g/mol. The Hall–Kier alpha value is -2.63. The van der Waals surface area contributed by atoms with E-state index >= 15 is 0 Å². The molecule has 1 N–H and O–H groups in total. The van der Waals surface area contributed by atoms with Crippen LogP contribution in [0.3, 0.4) is 0 Å². The predicted molar refractivity (Wildman–Crippen MR) is 81.7 cm³/mol. The Bertz CT molecular complexity index is 742. The maximum absolute atomic E-state index is 4.22. The first-order chi connectivity index (χ1) is 10.1. The zero-order valence-electron chi connectivity index (χ0n) is 12.4. The highest BCUT2D eigenvalue weighted by atomic mass is 15.3. The Balaban J connectivity index is 1.91. The molecule has 1 unspecified atom stereocenters. The lowest BCUT2D eigenvalue weighted by atomic mass is 10.1. The van der Waals surface area contributed by atoms with Crippen molar-refractivity contribution in [2.45, 2.75) is 13.0 Å². The van der Waals surface area contributed by atoms with E-state index < -0.39 is 0 Å². The summed E-state index contributed by atoms with van der Waals surface area (Å²) in [5.74, 6) is 0.844. The molecule has 0 spiro atoms. The van der Waals surface area contributed by atoms with Crippen molar-refractivity contribution in [1.82, 2.24) is 24.5 Å². The maximum atomic E-state index is 4.22. The minimum absolute atomic E-state index is 0.160. The van der Waals surface area contributed by atoms with E-state index in [9.17, 15) is 0 Å². The van der Waals surface area contributed by atoms with Gasteiger partial charge in [0.1, 0.15) is 6.33 Å². The summed E-state index contributed by atoms with van der Waals surface area (Å²) in [6, 6.07) is 8.27. The van der Waals surface area contributed by atoms with Crippen LogP contribution in [0.5, 0.6) is 0 Å². The van der Waals surface area contributed by atoms with Crippen LogP contribution >= 0.6 is 0 Å². The normalized spacial score (nSPS) is 12.3. The number of hydrogen-bond acceptors (Lipinski definition) is 4. The highest BCUT2D eigenvalue weighted by Gasteiger charge is 2.13. The quantitative estimate of drug-likeness (QED) is 0.798. The number of aryl methyl sites for hydroxylation is 2. The Morgan fingerprint density at radius 1 is 1.19 bits per heavy atom. The average molecular weight is 282 g/mol. The molecule has 1 atom stereocenters. The highest BCUT2D eigenvalue weighted by molar-refractivity contribution is 5.73. The minimum Gasteiger partial charge on any atom is -0.378 e. The van der Waals surface area contributed by atoms with Gasteiger partial charge in [0.15, 0.2) is 5.82 Å². The summed E-state index contributed by atoms with van der Waals surface area (Å²) in [5.41, 5.74) is 3.21. The number of nitrogens with one attached hydrogen (secondary N) is 1. The summed E-state index contributed by atoms with van der Waals surface area (Å²) in [5, 5.41) is 15.9. The van der Waals surface area contributed by atoms with Gasteiger partial charge < -0.3 is 9.88 Å². The summed E-state index contributed by atoms with van der Waals surface area (Å²) >= 11 is 0. The van der Waals surface area contributed by atoms with Crippen LogP contribution < -0.4 is 5.32 Å². The molecule has 3 rings (SSSR count). The average Bonchev–Trinajstić information content (AvgIpc) is 3.08. The largest absolute Gasteiger partial charge is 0.378 e. The number of benzene rings is 1. The molecule has 0 bridgehead atoms. The fraction of sp³-hybridized carbons (Fsp3) is 0.267. The summed E-state index contributed by atoms with van der Waals surface area (Å²) in [4.78, 5) is 0. The first-order valence-corrected chi connectivity index (χ1v) is 6.83. The van der Waals surface area contributed by atoms with Gasteiger partial charge in [-0.2, -0.15) is 5.10 Å². The SMILES string of the molecule is CC(Nc1ccccc1-c1nncn1C)c1cnn(C)c1. The molecule has 0 aliphatic carbocycles. The van der Waals surface area contributed by atoms with Crippen molar-refractivity contribution in [2.75, 3.05) is 5.32 Å². The Morgan fingerprint density at radius 2 is 2.00 bits per heavy atom.